The number of hydrogen-bond acceptors (Lipinski definition) is 6. The van der Waals surface area contributed by atoms with Crippen LogP contribution in [0.5, 0.6) is 0 Å². The molecule has 31 heavy (non-hydrogen) atoms. The Morgan fingerprint density at radius 3 is 2.58 bits per heavy atom. The van der Waals surface area contributed by atoms with E-state index in [1.54, 1.807) is 37.1 Å². The zero-order valence-corrected chi connectivity index (χ0v) is 18.5. The normalized spacial score (nSPS) is 18.0. The van der Waals surface area contributed by atoms with Crippen LogP contribution in [0.1, 0.15) is 29.7 Å². The highest BCUT2D eigenvalue weighted by atomic mass is 32.2. The lowest BCUT2D eigenvalue weighted by molar-refractivity contribution is -0.186. The van der Waals surface area contributed by atoms with Gasteiger partial charge in [0.25, 0.3) is 5.56 Å². The number of benzene rings is 1. The Hall–Kier alpha value is -2.23. The summed E-state index contributed by atoms with van der Waals surface area (Å²) in [7, 11) is 1.63. The quantitative estimate of drug-likeness (QED) is 0.517. The molecule has 2 fully saturated rings. The van der Waals surface area contributed by atoms with E-state index in [2.05, 4.69) is 4.98 Å². The predicted octanol–water partition coefficient (Wildman–Crippen LogP) is 2.28. The Balaban J connectivity index is 1.40. The lowest BCUT2D eigenvalue weighted by Gasteiger charge is -2.37. The molecular weight excluding hydrogens is 421 g/mol. The molecule has 0 N–H and O–H groups in total. The van der Waals surface area contributed by atoms with E-state index in [0.717, 1.165) is 0 Å². The number of halogens is 1. The van der Waals surface area contributed by atoms with Crippen LogP contribution in [-0.4, -0.2) is 58.2 Å². The van der Waals surface area contributed by atoms with Crippen molar-refractivity contribution >= 4 is 17.7 Å². The van der Waals surface area contributed by atoms with Crippen LogP contribution in [0.2, 0.25) is 0 Å². The molecule has 0 unspecified atom stereocenters. The highest BCUT2D eigenvalue weighted by Crippen LogP contribution is 2.31. The molecule has 0 aliphatic carbocycles. The van der Waals surface area contributed by atoms with Gasteiger partial charge in [-0.2, -0.15) is 0 Å². The molecule has 1 amide bonds. The van der Waals surface area contributed by atoms with Gasteiger partial charge in [0.1, 0.15) is 5.82 Å². The maximum absolute atomic E-state index is 14.0. The van der Waals surface area contributed by atoms with Gasteiger partial charge in [0.05, 0.1) is 19.0 Å². The number of carbonyl (C=O) groups excluding carboxylic acids is 1. The lowest BCUT2D eigenvalue weighted by atomic mass is 10.0. The summed E-state index contributed by atoms with van der Waals surface area (Å²) in [5.74, 6) is -0.661. The van der Waals surface area contributed by atoms with Crippen molar-refractivity contribution < 1.29 is 18.7 Å². The fraction of sp³-hybridized carbons (Fsp3) is 0.500. The van der Waals surface area contributed by atoms with Gasteiger partial charge in [0, 0.05) is 50.7 Å². The molecule has 7 nitrogen and oxygen atoms in total. The average molecular weight is 448 g/mol. The second-order valence-electron chi connectivity index (χ2n) is 7.87. The van der Waals surface area contributed by atoms with Crippen LogP contribution in [-0.2, 0) is 27.7 Å². The average Bonchev–Trinajstić information content (AvgIpc) is 3.22. The molecule has 0 radical (unpaired) electrons. The standard InChI is InChI=1S/C22H26FN3O4S/c1-15-17(13-16-5-3-4-6-18(16)23)20(28)25(2)21(24-15)31-14-19(27)26-9-7-22(8-10-26)29-11-12-30-22/h3-6H,7-14H2,1-2H3. The summed E-state index contributed by atoms with van der Waals surface area (Å²) in [6.45, 7) is 4.14. The third-order valence-corrected chi connectivity index (χ3v) is 6.91. The largest absolute Gasteiger partial charge is 0.347 e. The maximum Gasteiger partial charge on any atom is 0.257 e. The number of likely N-dealkylation sites (tertiary alicyclic amines) is 1. The Kier molecular flexibility index (Phi) is 6.45. The first-order valence-electron chi connectivity index (χ1n) is 10.4. The summed E-state index contributed by atoms with van der Waals surface area (Å²) >= 11 is 1.24. The summed E-state index contributed by atoms with van der Waals surface area (Å²) in [4.78, 5) is 31.9. The van der Waals surface area contributed by atoms with Gasteiger partial charge in [0.15, 0.2) is 10.9 Å². The van der Waals surface area contributed by atoms with E-state index in [0.29, 0.717) is 61.1 Å². The van der Waals surface area contributed by atoms with Crippen molar-refractivity contribution in [2.75, 3.05) is 32.1 Å². The van der Waals surface area contributed by atoms with Crippen molar-refractivity contribution in [1.82, 2.24) is 14.5 Å². The summed E-state index contributed by atoms with van der Waals surface area (Å²) in [5.41, 5.74) is 1.25. The minimum atomic E-state index is -0.513. The van der Waals surface area contributed by atoms with Crippen LogP contribution in [0.25, 0.3) is 0 Å². The lowest BCUT2D eigenvalue weighted by Crippen LogP contribution is -2.47. The molecule has 2 aliphatic heterocycles. The summed E-state index contributed by atoms with van der Waals surface area (Å²) in [5, 5.41) is 0.476. The monoisotopic (exact) mass is 447 g/mol. The molecule has 4 rings (SSSR count). The van der Waals surface area contributed by atoms with Crippen LogP contribution < -0.4 is 5.56 Å². The van der Waals surface area contributed by atoms with Gasteiger partial charge in [0.2, 0.25) is 5.91 Å². The number of aromatic nitrogens is 2. The van der Waals surface area contributed by atoms with Gasteiger partial charge in [-0.25, -0.2) is 9.37 Å². The molecule has 1 aromatic carbocycles. The minimum absolute atomic E-state index is 0.000169. The molecular formula is C22H26FN3O4S. The minimum Gasteiger partial charge on any atom is -0.347 e. The molecule has 166 valence electrons. The highest BCUT2D eigenvalue weighted by molar-refractivity contribution is 7.99. The van der Waals surface area contributed by atoms with Crippen LogP contribution in [0.4, 0.5) is 4.39 Å². The highest BCUT2D eigenvalue weighted by Gasteiger charge is 2.40. The van der Waals surface area contributed by atoms with Gasteiger partial charge in [-0.3, -0.25) is 14.2 Å². The zero-order valence-electron chi connectivity index (χ0n) is 17.7. The van der Waals surface area contributed by atoms with Crippen molar-refractivity contribution in [2.45, 2.75) is 37.1 Å². The van der Waals surface area contributed by atoms with Crippen molar-refractivity contribution in [3.05, 3.63) is 57.3 Å². The zero-order chi connectivity index (χ0) is 22.0. The number of ether oxygens (including phenoxy) is 2. The Morgan fingerprint density at radius 1 is 1.23 bits per heavy atom. The van der Waals surface area contributed by atoms with E-state index in [4.69, 9.17) is 9.47 Å². The second-order valence-corrected chi connectivity index (χ2v) is 8.81. The van der Waals surface area contributed by atoms with Crippen molar-refractivity contribution in [2.24, 2.45) is 7.05 Å². The number of piperidine rings is 1. The summed E-state index contributed by atoms with van der Waals surface area (Å²) in [6.07, 6.45) is 1.52. The van der Waals surface area contributed by atoms with Crippen LogP contribution in [0.3, 0.4) is 0 Å². The van der Waals surface area contributed by atoms with Gasteiger partial charge in [-0.15, -0.1) is 0 Å². The molecule has 0 atom stereocenters. The van der Waals surface area contributed by atoms with Crippen LogP contribution >= 0.6 is 11.8 Å². The first-order valence-corrected chi connectivity index (χ1v) is 11.4. The molecule has 2 aromatic rings. The predicted molar refractivity (Wildman–Crippen MR) is 115 cm³/mol. The molecule has 1 spiro atoms. The van der Waals surface area contributed by atoms with E-state index in [9.17, 15) is 14.0 Å². The fourth-order valence-electron chi connectivity index (χ4n) is 3.99. The SMILES string of the molecule is Cc1nc(SCC(=O)N2CCC3(CC2)OCCO3)n(C)c(=O)c1Cc1ccccc1F. The third-order valence-electron chi connectivity index (χ3n) is 5.89. The molecule has 0 saturated carbocycles. The van der Waals surface area contributed by atoms with Gasteiger partial charge in [-0.1, -0.05) is 30.0 Å². The second kappa shape index (κ2) is 9.10. The fourth-order valence-corrected chi connectivity index (χ4v) is 4.91. The molecule has 9 heteroatoms. The number of nitrogens with zero attached hydrogens (tertiary/aromatic N) is 3. The summed E-state index contributed by atoms with van der Waals surface area (Å²) in [6, 6.07) is 6.41. The van der Waals surface area contributed by atoms with Crippen LogP contribution in [0.15, 0.2) is 34.2 Å². The van der Waals surface area contributed by atoms with E-state index >= 15 is 0 Å². The van der Waals surface area contributed by atoms with Crippen molar-refractivity contribution in [3.8, 4) is 0 Å². The Morgan fingerprint density at radius 2 is 1.90 bits per heavy atom. The molecule has 1 aromatic heterocycles. The number of amides is 1. The van der Waals surface area contributed by atoms with Crippen molar-refractivity contribution in [3.63, 3.8) is 0 Å². The number of aryl methyl sites for hydroxylation is 1. The molecule has 0 bridgehead atoms. The number of carbonyl (C=O) groups is 1. The van der Waals surface area contributed by atoms with Gasteiger partial charge < -0.3 is 14.4 Å². The molecule has 2 saturated heterocycles. The van der Waals surface area contributed by atoms with E-state index in [1.165, 1.54) is 22.4 Å². The first-order chi connectivity index (χ1) is 14.9. The molecule has 3 heterocycles. The number of thioether (sulfide) groups is 1. The Labute approximate surface area is 184 Å². The summed E-state index contributed by atoms with van der Waals surface area (Å²) < 4.78 is 26.9. The maximum atomic E-state index is 14.0. The van der Waals surface area contributed by atoms with Gasteiger partial charge >= 0.3 is 0 Å². The Bertz CT molecular complexity index is 1030. The number of rotatable bonds is 5. The van der Waals surface area contributed by atoms with Crippen LogP contribution in [0, 0.1) is 12.7 Å². The first kappa shape index (κ1) is 22.0. The number of hydrogen-bond donors (Lipinski definition) is 0. The van der Waals surface area contributed by atoms with E-state index in [-0.39, 0.29) is 29.5 Å². The molecule has 2 aliphatic rings. The van der Waals surface area contributed by atoms with Crippen molar-refractivity contribution in [1.29, 1.82) is 0 Å². The topological polar surface area (TPSA) is 73.7 Å². The van der Waals surface area contributed by atoms with E-state index in [1.807, 2.05) is 0 Å². The smallest absolute Gasteiger partial charge is 0.257 e. The third kappa shape index (κ3) is 4.68. The van der Waals surface area contributed by atoms with Gasteiger partial charge in [-0.05, 0) is 18.6 Å². The van der Waals surface area contributed by atoms with E-state index < -0.39 is 5.79 Å².